The van der Waals surface area contributed by atoms with Crippen LogP contribution in [-0.4, -0.2) is 61.4 Å². The Kier molecular flexibility index (Phi) is 6.35. The van der Waals surface area contributed by atoms with E-state index in [9.17, 15) is 9.59 Å². The van der Waals surface area contributed by atoms with Crippen molar-refractivity contribution in [2.45, 2.75) is 38.5 Å². The van der Waals surface area contributed by atoms with Crippen molar-refractivity contribution in [3.8, 4) is 0 Å². The monoisotopic (exact) mass is 352 g/mol. The minimum absolute atomic E-state index is 0.134. The number of nitrogens with one attached hydrogen (secondary N) is 4. The topological polar surface area (TPSA) is 106 Å². The third-order valence-electron chi connectivity index (χ3n) is 4.95. The van der Waals surface area contributed by atoms with Gasteiger partial charge in [0.05, 0.1) is 26.2 Å². The van der Waals surface area contributed by atoms with Gasteiger partial charge in [-0.1, -0.05) is 0 Å². The largest absolute Gasteiger partial charge is 0.327 e. The molecule has 138 valence electrons. The van der Waals surface area contributed by atoms with Crippen molar-refractivity contribution >= 4 is 23.5 Å². The van der Waals surface area contributed by atoms with Crippen LogP contribution in [-0.2, 0) is 9.59 Å². The molecule has 0 aliphatic carbocycles. The Labute approximate surface area is 147 Å². The lowest BCUT2D eigenvalue weighted by Crippen LogP contribution is -3.13. The van der Waals surface area contributed by atoms with Crippen LogP contribution in [0.1, 0.15) is 38.5 Å². The first kappa shape index (κ1) is 17.8. The average molecular weight is 352 g/mol. The zero-order valence-corrected chi connectivity index (χ0v) is 14.6. The van der Waals surface area contributed by atoms with Gasteiger partial charge in [0.2, 0.25) is 11.6 Å². The predicted molar refractivity (Wildman–Crippen MR) is 90.4 cm³/mol. The van der Waals surface area contributed by atoms with E-state index in [1.807, 2.05) is 0 Å². The fourth-order valence-electron chi connectivity index (χ4n) is 3.62. The molecule has 25 heavy (non-hydrogen) atoms. The van der Waals surface area contributed by atoms with Crippen molar-refractivity contribution in [1.82, 2.24) is 10.3 Å². The first-order chi connectivity index (χ1) is 12.2. The minimum atomic E-state index is -0.134. The van der Waals surface area contributed by atoms with Crippen LogP contribution >= 0.6 is 0 Å². The maximum absolute atomic E-state index is 12.2. The maximum atomic E-state index is 12.2. The maximum Gasteiger partial charge on any atom is 0.280 e. The quantitative estimate of drug-likeness (QED) is 0.478. The number of carbonyl (C=O) groups excluding carboxylic acids is 2. The number of hydrogen-bond donors (Lipinski definition) is 4. The summed E-state index contributed by atoms with van der Waals surface area (Å²) in [6, 6.07) is 0. The summed E-state index contributed by atoms with van der Waals surface area (Å²) in [6.45, 7) is 4.88. The summed E-state index contributed by atoms with van der Waals surface area (Å²) in [6.07, 6.45) is 7.13. The molecular weight excluding hydrogens is 324 g/mol. The highest BCUT2D eigenvalue weighted by atomic mass is 16.6. The van der Waals surface area contributed by atoms with E-state index < -0.39 is 0 Å². The van der Waals surface area contributed by atoms with Crippen molar-refractivity contribution in [3.05, 3.63) is 0 Å². The molecule has 3 rings (SSSR count). The van der Waals surface area contributed by atoms with Gasteiger partial charge in [-0.05, 0) is 48.8 Å². The number of hydrogen-bond acceptors (Lipinski definition) is 5. The highest BCUT2D eigenvalue weighted by Gasteiger charge is 2.22. The molecule has 0 spiro atoms. The van der Waals surface area contributed by atoms with Crippen LogP contribution in [0.25, 0.3) is 0 Å². The van der Waals surface area contributed by atoms with E-state index in [-0.39, 0.29) is 23.5 Å². The van der Waals surface area contributed by atoms with Crippen LogP contribution in [0.5, 0.6) is 0 Å². The van der Waals surface area contributed by atoms with E-state index in [0.717, 1.165) is 51.9 Å². The van der Waals surface area contributed by atoms with Gasteiger partial charge >= 0.3 is 0 Å². The smallest absolute Gasteiger partial charge is 0.280 e. The summed E-state index contributed by atoms with van der Waals surface area (Å²) in [5.41, 5.74) is 0. The molecule has 3 heterocycles. The third kappa shape index (κ3) is 5.50. The summed E-state index contributed by atoms with van der Waals surface area (Å²) in [7, 11) is 0. The lowest BCUT2D eigenvalue weighted by atomic mass is 10.1. The third-order valence-corrected chi connectivity index (χ3v) is 4.95. The van der Waals surface area contributed by atoms with E-state index >= 15 is 0 Å². The van der Waals surface area contributed by atoms with Gasteiger partial charge in [0.25, 0.3) is 11.8 Å². The Morgan fingerprint density at radius 3 is 1.56 bits per heavy atom. The number of anilines is 2. The van der Waals surface area contributed by atoms with E-state index in [1.165, 1.54) is 22.6 Å². The van der Waals surface area contributed by atoms with Crippen molar-refractivity contribution in [2.24, 2.45) is 0 Å². The number of amides is 2. The van der Waals surface area contributed by atoms with Crippen molar-refractivity contribution in [1.29, 1.82) is 0 Å². The molecule has 0 bridgehead atoms. The molecule has 1 aromatic heterocycles. The number of aromatic nitrogens is 2. The molecule has 0 aromatic carbocycles. The molecular formula is C16H28N6O3+2. The molecule has 2 aliphatic rings. The molecule has 2 amide bonds. The Balaban J connectivity index is 1.47. The molecule has 1 aromatic rings. The van der Waals surface area contributed by atoms with E-state index in [2.05, 4.69) is 25.6 Å². The molecule has 0 saturated carbocycles. The Hall–Kier alpha value is -2.00. The molecule has 0 radical (unpaired) electrons. The molecule has 9 nitrogen and oxygen atoms in total. The van der Waals surface area contributed by atoms with Crippen LogP contribution in [0, 0.1) is 0 Å². The van der Waals surface area contributed by atoms with Crippen LogP contribution in [0.2, 0.25) is 0 Å². The number of rotatable bonds is 6. The van der Waals surface area contributed by atoms with E-state index in [4.69, 9.17) is 0 Å². The van der Waals surface area contributed by atoms with Gasteiger partial charge in [-0.2, -0.15) is 0 Å². The highest BCUT2D eigenvalue weighted by molar-refractivity contribution is 5.97. The molecule has 2 saturated heterocycles. The predicted octanol–water partition coefficient (Wildman–Crippen LogP) is -1.92. The summed E-state index contributed by atoms with van der Waals surface area (Å²) in [5, 5.41) is 12.8. The van der Waals surface area contributed by atoms with E-state index in [0.29, 0.717) is 13.1 Å². The van der Waals surface area contributed by atoms with Crippen LogP contribution in [0.15, 0.2) is 4.63 Å². The lowest BCUT2D eigenvalue weighted by molar-refractivity contribution is -0.896. The minimum Gasteiger partial charge on any atom is -0.327 e. The van der Waals surface area contributed by atoms with Gasteiger partial charge in [0.1, 0.15) is 0 Å². The number of carbonyl (C=O) groups is 2. The molecule has 0 atom stereocenters. The zero-order valence-electron chi connectivity index (χ0n) is 14.6. The van der Waals surface area contributed by atoms with Crippen molar-refractivity contribution < 1.29 is 24.0 Å². The van der Waals surface area contributed by atoms with Crippen molar-refractivity contribution in [3.63, 3.8) is 0 Å². The number of piperidine rings is 2. The van der Waals surface area contributed by atoms with Crippen LogP contribution in [0.3, 0.4) is 0 Å². The molecule has 4 N–H and O–H groups in total. The second-order valence-corrected chi connectivity index (χ2v) is 7.03. The fourth-order valence-corrected chi connectivity index (χ4v) is 3.62. The van der Waals surface area contributed by atoms with Crippen LogP contribution in [0.4, 0.5) is 11.6 Å². The first-order valence-corrected chi connectivity index (χ1v) is 9.30. The van der Waals surface area contributed by atoms with Crippen molar-refractivity contribution in [2.75, 3.05) is 49.9 Å². The molecule has 9 heteroatoms. The summed E-state index contributed by atoms with van der Waals surface area (Å²) in [4.78, 5) is 26.9. The van der Waals surface area contributed by atoms with Gasteiger partial charge in [-0.3, -0.25) is 20.2 Å². The number of nitrogens with zero attached hydrogens (tertiary/aromatic N) is 2. The first-order valence-electron chi connectivity index (χ1n) is 9.30. The summed E-state index contributed by atoms with van der Waals surface area (Å²) in [5.74, 6) is 0.0984. The van der Waals surface area contributed by atoms with Gasteiger partial charge in [-0.15, -0.1) is 0 Å². The summed E-state index contributed by atoms with van der Waals surface area (Å²) >= 11 is 0. The van der Waals surface area contributed by atoms with Gasteiger partial charge in [0.15, 0.2) is 13.1 Å². The highest BCUT2D eigenvalue weighted by Crippen LogP contribution is 2.14. The second kappa shape index (κ2) is 8.91. The normalized spacial score (nSPS) is 19.5. The number of quaternary nitrogens is 2. The van der Waals surface area contributed by atoms with Crippen LogP contribution < -0.4 is 20.4 Å². The lowest BCUT2D eigenvalue weighted by Gasteiger charge is -2.23. The molecule has 2 fully saturated rings. The molecule has 0 unspecified atom stereocenters. The Bertz CT molecular complexity index is 530. The van der Waals surface area contributed by atoms with Gasteiger partial charge in [0, 0.05) is 0 Å². The molecule has 2 aliphatic heterocycles. The fraction of sp³-hybridized carbons (Fsp3) is 0.750. The zero-order chi connectivity index (χ0) is 17.5. The van der Waals surface area contributed by atoms with Gasteiger partial charge in [-0.25, -0.2) is 4.63 Å². The average Bonchev–Trinajstić information content (AvgIpc) is 3.03. The SMILES string of the molecule is O=C(C[NH+]1CCCCC1)Nc1nonc1NC(=O)C[NH+]1CCCCC1. The van der Waals surface area contributed by atoms with E-state index in [1.54, 1.807) is 0 Å². The standard InChI is InChI=1S/C16H26N6O3/c23-13(11-21-7-3-1-4-8-21)17-15-16(20-25-19-15)18-14(24)12-22-9-5-2-6-10-22/h1-12H2,(H,17,19,23)(H,18,20,24)/p+2. The second-order valence-electron chi connectivity index (χ2n) is 7.03. The Morgan fingerprint density at radius 1 is 0.760 bits per heavy atom. The number of likely N-dealkylation sites (tertiary alicyclic amines) is 2. The Morgan fingerprint density at radius 2 is 1.16 bits per heavy atom. The van der Waals surface area contributed by atoms with Gasteiger partial charge < -0.3 is 9.80 Å². The summed E-state index contributed by atoms with van der Waals surface area (Å²) < 4.78 is 4.68.